The second-order valence-corrected chi connectivity index (χ2v) is 3.31. The van der Waals surface area contributed by atoms with Gasteiger partial charge >= 0.3 is 0 Å². The van der Waals surface area contributed by atoms with Crippen LogP contribution in [0.4, 0.5) is 0 Å². The molecule has 0 spiro atoms. The van der Waals surface area contributed by atoms with Gasteiger partial charge in [0.25, 0.3) is 0 Å². The molecule has 4 heteroatoms. The Balaban J connectivity index is 3.40. The Morgan fingerprint density at radius 2 is 2.21 bits per heavy atom. The Kier molecular flexibility index (Phi) is 8.57. The van der Waals surface area contributed by atoms with Crippen LogP contribution in [0.1, 0.15) is 33.1 Å². The quantitative estimate of drug-likeness (QED) is 0.571. The minimum Gasteiger partial charge on any atom is -0.396 e. The highest BCUT2D eigenvalue weighted by Gasteiger charge is 2.06. The number of amides is 1. The van der Waals surface area contributed by atoms with E-state index in [1.807, 2.05) is 13.8 Å². The fourth-order valence-corrected chi connectivity index (χ4v) is 1.08. The molecular formula is C10H21NO3. The van der Waals surface area contributed by atoms with Crippen LogP contribution < -0.4 is 5.32 Å². The summed E-state index contributed by atoms with van der Waals surface area (Å²) in [6, 6.07) is 0.0663. The first-order valence-corrected chi connectivity index (χ1v) is 5.18. The second-order valence-electron chi connectivity index (χ2n) is 3.31. The number of aliphatic hydroxyl groups is 1. The summed E-state index contributed by atoms with van der Waals surface area (Å²) < 4.78 is 5.17. The van der Waals surface area contributed by atoms with Crippen molar-refractivity contribution in [2.45, 2.75) is 39.2 Å². The van der Waals surface area contributed by atoms with Crippen LogP contribution in [-0.4, -0.2) is 36.9 Å². The lowest BCUT2D eigenvalue weighted by Crippen LogP contribution is -2.35. The van der Waals surface area contributed by atoms with Crippen molar-refractivity contribution in [2.24, 2.45) is 0 Å². The maximum atomic E-state index is 11.2. The zero-order valence-electron chi connectivity index (χ0n) is 9.08. The first kappa shape index (κ1) is 13.4. The molecule has 2 N–H and O–H groups in total. The highest BCUT2D eigenvalue weighted by atomic mass is 16.5. The summed E-state index contributed by atoms with van der Waals surface area (Å²) in [5.74, 6) is 0.0330. The first-order valence-electron chi connectivity index (χ1n) is 5.18. The highest BCUT2D eigenvalue weighted by molar-refractivity contribution is 5.76. The summed E-state index contributed by atoms with van der Waals surface area (Å²) in [5, 5.41) is 11.4. The number of hydrogen-bond donors (Lipinski definition) is 2. The Bertz CT molecular complexity index is 150. The van der Waals surface area contributed by atoms with Crippen LogP contribution in [0, 0.1) is 0 Å². The third-order valence-electron chi connectivity index (χ3n) is 1.79. The summed E-state index contributed by atoms with van der Waals surface area (Å²) in [6.45, 7) is 5.23. The molecule has 1 unspecified atom stereocenters. The summed E-state index contributed by atoms with van der Waals surface area (Å²) >= 11 is 0. The average molecular weight is 203 g/mol. The number of aliphatic hydroxyl groups excluding tert-OH is 1. The summed E-state index contributed by atoms with van der Waals surface area (Å²) in [4.78, 5) is 11.2. The summed E-state index contributed by atoms with van der Waals surface area (Å²) in [6.07, 6.45) is 1.91. The van der Waals surface area contributed by atoms with Crippen molar-refractivity contribution in [1.29, 1.82) is 0 Å². The molecule has 84 valence electrons. The van der Waals surface area contributed by atoms with Crippen molar-refractivity contribution in [3.63, 3.8) is 0 Å². The minimum atomic E-state index is 0.0330. The lowest BCUT2D eigenvalue weighted by atomic mass is 10.2. The van der Waals surface area contributed by atoms with E-state index in [2.05, 4.69) is 5.32 Å². The van der Waals surface area contributed by atoms with Gasteiger partial charge in [0, 0.05) is 25.7 Å². The van der Waals surface area contributed by atoms with Gasteiger partial charge in [-0.05, 0) is 26.7 Å². The molecule has 0 aliphatic heterocycles. The molecule has 0 aromatic carbocycles. The molecule has 0 rings (SSSR count). The van der Waals surface area contributed by atoms with Crippen molar-refractivity contribution in [3.8, 4) is 0 Å². The van der Waals surface area contributed by atoms with Crippen LogP contribution in [-0.2, 0) is 9.53 Å². The molecule has 1 atom stereocenters. The van der Waals surface area contributed by atoms with E-state index in [1.165, 1.54) is 0 Å². The predicted molar refractivity (Wildman–Crippen MR) is 55.0 cm³/mol. The van der Waals surface area contributed by atoms with E-state index in [-0.39, 0.29) is 18.6 Å². The van der Waals surface area contributed by atoms with E-state index < -0.39 is 0 Å². The molecule has 1 amide bonds. The maximum Gasteiger partial charge on any atom is 0.220 e. The molecule has 0 aliphatic carbocycles. The lowest BCUT2D eigenvalue weighted by Gasteiger charge is -2.13. The lowest BCUT2D eigenvalue weighted by molar-refractivity contribution is -0.122. The topological polar surface area (TPSA) is 58.6 Å². The van der Waals surface area contributed by atoms with Crippen LogP contribution in [0.3, 0.4) is 0 Å². The second kappa shape index (κ2) is 8.97. The van der Waals surface area contributed by atoms with E-state index in [0.29, 0.717) is 26.1 Å². The van der Waals surface area contributed by atoms with Crippen molar-refractivity contribution >= 4 is 5.91 Å². The van der Waals surface area contributed by atoms with Crippen molar-refractivity contribution in [2.75, 3.05) is 19.8 Å². The van der Waals surface area contributed by atoms with Crippen molar-refractivity contribution < 1.29 is 14.6 Å². The van der Waals surface area contributed by atoms with Crippen LogP contribution in [0.5, 0.6) is 0 Å². The van der Waals surface area contributed by atoms with Crippen LogP contribution >= 0.6 is 0 Å². The van der Waals surface area contributed by atoms with Gasteiger partial charge in [-0.1, -0.05) is 0 Å². The van der Waals surface area contributed by atoms with Crippen LogP contribution in [0.2, 0.25) is 0 Å². The molecule has 0 aliphatic rings. The van der Waals surface area contributed by atoms with Gasteiger partial charge in [-0.3, -0.25) is 4.79 Å². The molecule has 0 bridgehead atoms. The Morgan fingerprint density at radius 3 is 2.79 bits per heavy atom. The molecule has 0 aromatic rings. The van der Waals surface area contributed by atoms with Gasteiger partial charge in [0.05, 0.1) is 6.61 Å². The monoisotopic (exact) mass is 203 g/mol. The standard InChI is InChI=1S/C10H21NO3/c1-3-14-8-9(2)11-10(13)6-4-5-7-12/h9,12H,3-8H2,1-2H3,(H,11,13). The molecule has 14 heavy (non-hydrogen) atoms. The minimum absolute atomic E-state index is 0.0330. The highest BCUT2D eigenvalue weighted by Crippen LogP contribution is 1.95. The fourth-order valence-electron chi connectivity index (χ4n) is 1.08. The maximum absolute atomic E-state index is 11.2. The van der Waals surface area contributed by atoms with Gasteiger partial charge in [0.2, 0.25) is 5.91 Å². The molecule has 0 heterocycles. The molecule has 0 saturated carbocycles. The van der Waals surface area contributed by atoms with E-state index in [9.17, 15) is 4.79 Å². The van der Waals surface area contributed by atoms with Gasteiger partial charge in [-0.15, -0.1) is 0 Å². The third-order valence-corrected chi connectivity index (χ3v) is 1.79. The number of carbonyl (C=O) groups is 1. The SMILES string of the molecule is CCOCC(C)NC(=O)CCCCO. The van der Waals surface area contributed by atoms with E-state index in [4.69, 9.17) is 9.84 Å². The Morgan fingerprint density at radius 1 is 1.50 bits per heavy atom. The molecule has 0 saturated heterocycles. The van der Waals surface area contributed by atoms with Gasteiger partial charge in [-0.2, -0.15) is 0 Å². The fraction of sp³-hybridized carbons (Fsp3) is 0.900. The number of unbranched alkanes of at least 4 members (excludes halogenated alkanes) is 1. The summed E-state index contributed by atoms with van der Waals surface area (Å²) in [5.41, 5.74) is 0. The van der Waals surface area contributed by atoms with E-state index in [1.54, 1.807) is 0 Å². The van der Waals surface area contributed by atoms with Gasteiger partial charge < -0.3 is 15.2 Å². The van der Waals surface area contributed by atoms with E-state index in [0.717, 1.165) is 6.42 Å². The number of rotatable bonds is 8. The number of nitrogens with one attached hydrogen (secondary N) is 1. The van der Waals surface area contributed by atoms with Crippen molar-refractivity contribution in [3.05, 3.63) is 0 Å². The predicted octanol–water partition coefficient (Wildman–Crippen LogP) is 0.690. The Hall–Kier alpha value is -0.610. The largest absolute Gasteiger partial charge is 0.396 e. The van der Waals surface area contributed by atoms with Crippen molar-refractivity contribution in [1.82, 2.24) is 5.32 Å². The normalized spacial score (nSPS) is 12.5. The zero-order chi connectivity index (χ0) is 10.8. The zero-order valence-corrected chi connectivity index (χ0v) is 9.08. The Labute approximate surface area is 85.6 Å². The van der Waals surface area contributed by atoms with E-state index >= 15 is 0 Å². The van der Waals surface area contributed by atoms with Gasteiger partial charge in [0.1, 0.15) is 0 Å². The molecule has 4 nitrogen and oxygen atoms in total. The first-order chi connectivity index (χ1) is 6.70. The van der Waals surface area contributed by atoms with Crippen LogP contribution in [0.25, 0.3) is 0 Å². The number of ether oxygens (including phenoxy) is 1. The smallest absolute Gasteiger partial charge is 0.220 e. The van der Waals surface area contributed by atoms with Gasteiger partial charge in [0.15, 0.2) is 0 Å². The molecule has 0 aromatic heterocycles. The van der Waals surface area contributed by atoms with Crippen LogP contribution in [0.15, 0.2) is 0 Å². The number of carbonyl (C=O) groups excluding carboxylic acids is 1. The number of hydrogen-bond acceptors (Lipinski definition) is 3. The third kappa shape index (κ3) is 8.01. The molecule has 0 fully saturated rings. The average Bonchev–Trinajstić information content (AvgIpc) is 2.15. The summed E-state index contributed by atoms with van der Waals surface area (Å²) in [7, 11) is 0. The van der Waals surface area contributed by atoms with Gasteiger partial charge in [-0.25, -0.2) is 0 Å². The molecule has 0 radical (unpaired) electrons. The molecular weight excluding hydrogens is 182 g/mol.